The van der Waals surface area contributed by atoms with Crippen molar-refractivity contribution in [3.05, 3.63) is 83.9 Å². The summed E-state index contributed by atoms with van der Waals surface area (Å²) in [6.07, 6.45) is 0.119. The monoisotopic (exact) mass is 432 g/mol. The van der Waals surface area contributed by atoms with Gasteiger partial charge >= 0.3 is 0 Å². The lowest BCUT2D eigenvalue weighted by atomic mass is 10.1. The molecule has 0 bridgehead atoms. The number of amides is 2. The van der Waals surface area contributed by atoms with Crippen molar-refractivity contribution in [3.8, 4) is 11.5 Å². The second-order valence-electron chi connectivity index (χ2n) is 7.84. The predicted molar refractivity (Wildman–Crippen MR) is 127 cm³/mol. The minimum atomic E-state index is -0.280. The van der Waals surface area contributed by atoms with Crippen LogP contribution in [0.2, 0.25) is 0 Å². The summed E-state index contributed by atoms with van der Waals surface area (Å²) >= 11 is 0. The van der Waals surface area contributed by atoms with Gasteiger partial charge in [-0.3, -0.25) is 9.59 Å². The van der Waals surface area contributed by atoms with Gasteiger partial charge in [-0.15, -0.1) is 0 Å². The molecule has 32 heavy (non-hydrogen) atoms. The predicted octanol–water partition coefficient (Wildman–Crippen LogP) is 5.77. The number of nitrogens with one attached hydrogen (secondary N) is 2. The molecule has 0 spiro atoms. The van der Waals surface area contributed by atoms with Crippen molar-refractivity contribution >= 4 is 23.2 Å². The van der Waals surface area contributed by atoms with Gasteiger partial charge in [-0.25, -0.2) is 0 Å². The lowest BCUT2D eigenvalue weighted by Gasteiger charge is -2.14. The summed E-state index contributed by atoms with van der Waals surface area (Å²) in [6, 6.07) is 20.9. The summed E-state index contributed by atoms with van der Waals surface area (Å²) in [6.45, 7) is 7.78. The first kappa shape index (κ1) is 22.9. The number of ether oxygens (including phenoxy) is 2. The smallest absolute Gasteiger partial charge is 0.255 e. The number of anilines is 2. The highest BCUT2D eigenvalue weighted by Crippen LogP contribution is 2.24. The van der Waals surface area contributed by atoms with E-state index >= 15 is 0 Å². The number of benzene rings is 3. The van der Waals surface area contributed by atoms with Crippen LogP contribution in [-0.2, 0) is 0 Å². The maximum absolute atomic E-state index is 12.7. The first-order chi connectivity index (χ1) is 15.3. The molecule has 0 aromatic heterocycles. The third kappa shape index (κ3) is 6.35. The number of para-hydroxylation sites is 2. The minimum Gasteiger partial charge on any atom is -0.491 e. The summed E-state index contributed by atoms with van der Waals surface area (Å²) in [7, 11) is 0. The van der Waals surface area contributed by atoms with Crippen molar-refractivity contribution in [2.45, 2.75) is 39.9 Å². The highest BCUT2D eigenvalue weighted by atomic mass is 16.5. The second kappa shape index (κ2) is 10.5. The number of carbonyl (C=O) groups is 2. The lowest BCUT2D eigenvalue weighted by Crippen LogP contribution is -2.17. The molecule has 0 atom stereocenters. The van der Waals surface area contributed by atoms with Gasteiger partial charge in [0, 0.05) is 11.1 Å². The van der Waals surface area contributed by atoms with Crippen LogP contribution in [0.1, 0.15) is 48.4 Å². The number of hydrogen-bond acceptors (Lipinski definition) is 4. The van der Waals surface area contributed by atoms with E-state index in [9.17, 15) is 9.59 Å². The van der Waals surface area contributed by atoms with Gasteiger partial charge in [0.1, 0.15) is 11.5 Å². The number of hydrogen-bond donors (Lipinski definition) is 2. The maximum Gasteiger partial charge on any atom is 0.255 e. The van der Waals surface area contributed by atoms with Crippen LogP contribution in [0.4, 0.5) is 11.4 Å². The molecule has 0 saturated carbocycles. The Kier molecular flexibility index (Phi) is 7.49. The van der Waals surface area contributed by atoms with Crippen molar-refractivity contribution in [1.82, 2.24) is 0 Å². The van der Waals surface area contributed by atoms with E-state index in [1.165, 1.54) is 0 Å². The van der Waals surface area contributed by atoms with Crippen molar-refractivity contribution in [2.24, 2.45) is 0 Å². The fraction of sp³-hybridized carbons (Fsp3) is 0.231. The molecule has 6 nitrogen and oxygen atoms in total. The minimum absolute atomic E-state index is 0.0594. The van der Waals surface area contributed by atoms with Crippen LogP contribution in [0.3, 0.4) is 0 Å². The standard InChI is InChI=1S/C26H28N2O4/c1-17(2)31-21-13-9-19(10-14-21)25(29)27-23-7-5-6-8-24(23)28-26(30)20-11-15-22(16-12-20)32-18(3)4/h5-18H,1-4H3,(H,27,29)(H,28,30). The molecule has 2 N–H and O–H groups in total. The van der Waals surface area contributed by atoms with Crippen molar-refractivity contribution in [2.75, 3.05) is 10.6 Å². The third-order valence-electron chi connectivity index (χ3n) is 4.40. The summed E-state index contributed by atoms with van der Waals surface area (Å²) in [5.74, 6) is 0.846. The molecular weight excluding hydrogens is 404 g/mol. The summed E-state index contributed by atoms with van der Waals surface area (Å²) in [5.41, 5.74) is 1.99. The first-order valence-electron chi connectivity index (χ1n) is 10.6. The van der Waals surface area contributed by atoms with Gasteiger partial charge in [0.2, 0.25) is 0 Å². The molecule has 166 valence electrons. The van der Waals surface area contributed by atoms with Crippen LogP contribution in [0.25, 0.3) is 0 Å². The van der Waals surface area contributed by atoms with E-state index in [1.807, 2.05) is 27.7 Å². The van der Waals surface area contributed by atoms with Crippen molar-refractivity contribution in [3.63, 3.8) is 0 Å². The highest BCUT2D eigenvalue weighted by molar-refractivity contribution is 6.10. The molecular formula is C26H28N2O4. The van der Waals surface area contributed by atoms with Gasteiger partial charge in [0.25, 0.3) is 11.8 Å². The Hall–Kier alpha value is -3.80. The number of rotatable bonds is 8. The first-order valence-corrected chi connectivity index (χ1v) is 10.6. The van der Waals surface area contributed by atoms with Crippen molar-refractivity contribution < 1.29 is 19.1 Å². The van der Waals surface area contributed by atoms with Gasteiger partial charge in [0.15, 0.2) is 0 Å². The molecule has 3 aromatic rings. The zero-order chi connectivity index (χ0) is 23.1. The number of carbonyl (C=O) groups excluding carboxylic acids is 2. The fourth-order valence-corrected chi connectivity index (χ4v) is 3.00. The Morgan fingerprint density at radius 1 is 0.594 bits per heavy atom. The molecule has 6 heteroatoms. The quantitative estimate of drug-likeness (QED) is 0.474. The summed E-state index contributed by atoms with van der Waals surface area (Å²) in [4.78, 5) is 25.4. The normalized spacial score (nSPS) is 10.7. The van der Waals surface area contributed by atoms with Gasteiger partial charge < -0.3 is 20.1 Å². The zero-order valence-electron chi connectivity index (χ0n) is 18.7. The van der Waals surface area contributed by atoms with E-state index in [0.717, 1.165) is 0 Å². The average molecular weight is 433 g/mol. The molecule has 0 aliphatic heterocycles. The Morgan fingerprint density at radius 3 is 1.25 bits per heavy atom. The Balaban J connectivity index is 1.69. The summed E-state index contributed by atoms with van der Waals surface area (Å²) in [5, 5.41) is 5.72. The van der Waals surface area contributed by atoms with E-state index in [4.69, 9.17) is 9.47 Å². The highest BCUT2D eigenvalue weighted by Gasteiger charge is 2.13. The molecule has 0 aliphatic carbocycles. The summed E-state index contributed by atoms with van der Waals surface area (Å²) < 4.78 is 11.2. The molecule has 0 aliphatic rings. The molecule has 3 rings (SSSR count). The Bertz CT molecular complexity index is 971. The fourth-order valence-electron chi connectivity index (χ4n) is 3.00. The van der Waals surface area contributed by atoms with E-state index in [1.54, 1.807) is 72.8 Å². The SMILES string of the molecule is CC(C)Oc1ccc(C(=O)Nc2ccccc2NC(=O)c2ccc(OC(C)C)cc2)cc1. The van der Waals surface area contributed by atoms with Gasteiger partial charge in [0.05, 0.1) is 23.6 Å². The Morgan fingerprint density at radius 2 is 0.938 bits per heavy atom. The van der Waals surface area contributed by atoms with E-state index in [2.05, 4.69) is 10.6 Å². The molecule has 0 fully saturated rings. The topological polar surface area (TPSA) is 76.7 Å². The van der Waals surface area contributed by atoms with Gasteiger partial charge in [-0.1, -0.05) is 12.1 Å². The second-order valence-corrected chi connectivity index (χ2v) is 7.84. The van der Waals surface area contributed by atoms with Crippen LogP contribution >= 0.6 is 0 Å². The molecule has 0 saturated heterocycles. The molecule has 2 amide bonds. The molecule has 0 radical (unpaired) electrons. The molecule has 3 aromatic carbocycles. The average Bonchev–Trinajstić information content (AvgIpc) is 2.75. The van der Waals surface area contributed by atoms with E-state index in [-0.39, 0.29) is 24.0 Å². The van der Waals surface area contributed by atoms with Crippen LogP contribution in [0.15, 0.2) is 72.8 Å². The zero-order valence-corrected chi connectivity index (χ0v) is 18.7. The molecule has 0 unspecified atom stereocenters. The molecule has 0 heterocycles. The Labute approximate surface area is 188 Å². The van der Waals surface area contributed by atoms with Crippen LogP contribution < -0.4 is 20.1 Å². The van der Waals surface area contributed by atoms with E-state index < -0.39 is 0 Å². The third-order valence-corrected chi connectivity index (χ3v) is 4.40. The lowest BCUT2D eigenvalue weighted by molar-refractivity contribution is 0.101. The van der Waals surface area contributed by atoms with Gasteiger partial charge in [-0.2, -0.15) is 0 Å². The van der Waals surface area contributed by atoms with Crippen molar-refractivity contribution in [1.29, 1.82) is 0 Å². The van der Waals surface area contributed by atoms with Gasteiger partial charge in [-0.05, 0) is 88.4 Å². The van der Waals surface area contributed by atoms with Crippen LogP contribution in [0, 0.1) is 0 Å². The van der Waals surface area contributed by atoms with Crippen LogP contribution in [-0.4, -0.2) is 24.0 Å². The van der Waals surface area contributed by atoms with Crippen LogP contribution in [0.5, 0.6) is 11.5 Å². The van der Waals surface area contributed by atoms with E-state index in [0.29, 0.717) is 34.0 Å². The largest absolute Gasteiger partial charge is 0.491 e. The maximum atomic E-state index is 12.7.